The number of hydrogen-bond donors (Lipinski definition) is 1. The van der Waals surface area contributed by atoms with Crippen LogP contribution >= 0.6 is 34.2 Å². The van der Waals surface area contributed by atoms with E-state index in [-0.39, 0.29) is 6.04 Å². The number of rotatable bonds is 5. The molecular formula is C14H17ClIN3. The van der Waals surface area contributed by atoms with Gasteiger partial charge in [-0.05, 0) is 59.8 Å². The number of aromatic nitrogens is 2. The lowest BCUT2D eigenvalue weighted by atomic mass is 10.0. The van der Waals surface area contributed by atoms with Crippen LogP contribution in [-0.2, 0) is 6.54 Å². The largest absolute Gasteiger partial charge is 0.309 e. The van der Waals surface area contributed by atoms with Crippen molar-refractivity contribution in [3.8, 4) is 0 Å². The van der Waals surface area contributed by atoms with E-state index in [9.17, 15) is 0 Å². The monoisotopic (exact) mass is 389 g/mol. The van der Waals surface area contributed by atoms with Crippen LogP contribution < -0.4 is 5.32 Å². The highest BCUT2D eigenvalue weighted by Gasteiger charge is 2.17. The van der Waals surface area contributed by atoms with Crippen molar-refractivity contribution in [1.29, 1.82) is 0 Å². The fourth-order valence-corrected chi connectivity index (χ4v) is 2.95. The zero-order valence-corrected chi connectivity index (χ0v) is 13.9. The zero-order valence-electron chi connectivity index (χ0n) is 11.0. The summed E-state index contributed by atoms with van der Waals surface area (Å²) in [6.07, 6.45) is 5.11. The van der Waals surface area contributed by atoms with Crippen LogP contribution in [0.5, 0.6) is 0 Å². The van der Waals surface area contributed by atoms with Crippen molar-refractivity contribution in [1.82, 2.24) is 15.1 Å². The van der Waals surface area contributed by atoms with E-state index in [1.807, 2.05) is 36.1 Å². The maximum atomic E-state index is 6.11. The molecule has 19 heavy (non-hydrogen) atoms. The van der Waals surface area contributed by atoms with Gasteiger partial charge in [0.15, 0.2) is 0 Å². The summed E-state index contributed by atoms with van der Waals surface area (Å²) in [4.78, 5) is 0. The molecule has 5 heteroatoms. The number of aryl methyl sites for hydroxylation is 1. The third-order valence-electron chi connectivity index (χ3n) is 3.00. The highest BCUT2D eigenvalue weighted by molar-refractivity contribution is 14.1. The Morgan fingerprint density at radius 1 is 1.47 bits per heavy atom. The molecule has 0 spiro atoms. The second-order valence-electron chi connectivity index (χ2n) is 4.42. The van der Waals surface area contributed by atoms with Crippen molar-refractivity contribution in [3.05, 3.63) is 50.3 Å². The van der Waals surface area contributed by atoms with Gasteiger partial charge in [0.1, 0.15) is 0 Å². The van der Waals surface area contributed by atoms with Gasteiger partial charge in [-0.3, -0.25) is 4.68 Å². The highest BCUT2D eigenvalue weighted by Crippen LogP contribution is 2.28. The molecule has 1 N–H and O–H groups in total. The molecule has 0 aliphatic rings. The van der Waals surface area contributed by atoms with E-state index < -0.39 is 0 Å². The molecule has 2 rings (SSSR count). The molecule has 0 radical (unpaired) electrons. The quantitative estimate of drug-likeness (QED) is 0.787. The van der Waals surface area contributed by atoms with Crippen molar-refractivity contribution in [2.45, 2.75) is 25.9 Å². The van der Waals surface area contributed by atoms with Crippen LogP contribution in [0.25, 0.3) is 0 Å². The molecule has 0 amide bonds. The molecular weight excluding hydrogens is 373 g/mol. The first-order chi connectivity index (χ1) is 9.15. The third-order valence-corrected chi connectivity index (χ3v) is 4.21. The second kappa shape index (κ2) is 6.72. The van der Waals surface area contributed by atoms with E-state index in [0.29, 0.717) is 0 Å². The normalized spacial score (nSPS) is 12.6. The standard InChI is InChI=1S/C14H17ClIN3/c1-3-6-19-9-10(8-18-19)14(17-2)12-7-11(15)4-5-13(12)16/h4-5,7-9,14,17H,3,6H2,1-2H3. The average molecular weight is 390 g/mol. The first kappa shape index (κ1) is 14.8. The van der Waals surface area contributed by atoms with Gasteiger partial charge in [0.05, 0.1) is 12.2 Å². The predicted octanol–water partition coefficient (Wildman–Crippen LogP) is 3.86. The van der Waals surface area contributed by atoms with Crippen molar-refractivity contribution >= 4 is 34.2 Å². The molecule has 1 heterocycles. The van der Waals surface area contributed by atoms with E-state index in [0.717, 1.165) is 23.6 Å². The maximum absolute atomic E-state index is 6.11. The van der Waals surface area contributed by atoms with E-state index >= 15 is 0 Å². The highest BCUT2D eigenvalue weighted by atomic mass is 127. The lowest BCUT2D eigenvalue weighted by Crippen LogP contribution is -2.18. The number of halogens is 2. The van der Waals surface area contributed by atoms with Crippen LogP contribution in [0, 0.1) is 3.57 Å². The van der Waals surface area contributed by atoms with Gasteiger partial charge >= 0.3 is 0 Å². The SMILES string of the molecule is CCCn1cc(C(NC)c2cc(Cl)ccc2I)cn1. The van der Waals surface area contributed by atoms with Crippen LogP contribution in [0.4, 0.5) is 0 Å². The minimum absolute atomic E-state index is 0.121. The van der Waals surface area contributed by atoms with E-state index in [2.05, 4.69) is 46.1 Å². The smallest absolute Gasteiger partial charge is 0.0616 e. The summed E-state index contributed by atoms with van der Waals surface area (Å²) in [5.74, 6) is 0. The Balaban J connectivity index is 2.35. The Hall–Kier alpha value is -0.590. The molecule has 0 fully saturated rings. The molecule has 0 saturated heterocycles. The van der Waals surface area contributed by atoms with Gasteiger partial charge in [-0.25, -0.2) is 0 Å². The van der Waals surface area contributed by atoms with Crippen molar-refractivity contribution in [2.75, 3.05) is 7.05 Å². The van der Waals surface area contributed by atoms with E-state index in [4.69, 9.17) is 11.6 Å². The summed E-state index contributed by atoms with van der Waals surface area (Å²) in [5.41, 5.74) is 2.35. The Kier molecular flexibility index (Phi) is 5.24. The zero-order chi connectivity index (χ0) is 13.8. The molecule has 0 bridgehead atoms. The lowest BCUT2D eigenvalue weighted by Gasteiger charge is -2.17. The van der Waals surface area contributed by atoms with Crippen molar-refractivity contribution < 1.29 is 0 Å². The Morgan fingerprint density at radius 3 is 2.95 bits per heavy atom. The summed E-state index contributed by atoms with van der Waals surface area (Å²) < 4.78 is 3.18. The minimum atomic E-state index is 0.121. The average Bonchev–Trinajstić information content (AvgIpc) is 2.83. The number of nitrogens with one attached hydrogen (secondary N) is 1. The number of hydrogen-bond acceptors (Lipinski definition) is 2. The first-order valence-corrected chi connectivity index (χ1v) is 7.76. The van der Waals surface area contributed by atoms with Crippen molar-refractivity contribution in [2.24, 2.45) is 0 Å². The Labute approximate surface area is 132 Å². The second-order valence-corrected chi connectivity index (χ2v) is 6.02. The van der Waals surface area contributed by atoms with Gasteiger partial charge in [0.2, 0.25) is 0 Å². The van der Waals surface area contributed by atoms with Crippen LogP contribution in [0.15, 0.2) is 30.6 Å². The fourth-order valence-electron chi connectivity index (χ4n) is 2.12. The first-order valence-electron chi connectivity index (χ1n) is 6.30. The van der Waals surface area contributed by atoms with Gasteiger partial charge in [-0.2, -0.15) is 5.10 Å². The summed E-state index contributed by atoms with van der Waals surface area (Å²) in [6.45, 7) is 3.10. The third kappa shape index (κ3) is 3.49. The van der Waals surface area contributed by atoms with Crippen LogP contribution in [0.3, 0.4) is 0 Å². The van der Waals surface area contributed by atoms with Crippen molar-refractivity contribution in [3.63, 3.8) is 0 Å². The molecule has 0 saturated carbocycles. The molecule has 1 atom stereocenters. The molecule has 3 nitrogen and oxygen atoms in total. The molecule has 102 valence electrons. The number of nitrogens with zero attached hydrogens (tertiary/aromatic N) is 2. The maximum Gasteiger partial charge on any atom is 0.0616 e. The van der Waals surface area contributed by atoms with E-state index in [1.165, 1.54) is 9.13 Å². The Morgan fingerprint density at radius 2 is 2.26 bits per heavy atom. The molecule has 1 aromatic carbocycles. The minimum Gasteiger partial charge on any atom is -0.309 e. The predicted molar refractivity (Wildman–Crippen MR) is 87.6 cm³/mol. The van der Waals surface area contributed by atoms with Crippen LogP contribution in [-0.4, -0.2) is 16.8 Å². The Bertz CT molecular complexity index is 553. The summed E-state index contributed by atoms with van der Waals surface area (Å²) in [6, 6.07) is 6.09. The molecule has 0 aliphatic carbocycles. The van der Waals surface area contributed by atoms with Gasteiger partial charge in [-0.1, -0.05) is 18.5 Å². The molecule has 1 aromatic heterocycles. The molecule has 1 unspecified atom stereocenters. The van der Waals surface area contributed by atoms with Crippen LogP contribution in [0.2, 0.25) is 5.02 Å². The summed E-state index contributed by atoms with van der Waals surface area (Å²) in [7, 11) is 1.96. The van der Waals surface area contributed by atoms with Crippen LogP contribution in [0.1, 0.15) is 30.5 Å². The molecule has 2 aromatic rings. The van der Waals surface area contributed by atoms with Gasteiger partial charge in [-0.15, -0.1) is 0 Å². The number of benzene rings is 1. The summed E-state index contributed by atoms with van der Waals surface area (Å²) in [5, 5.41) is 8.50. The lowest BCUT2D eigenvalue weighted by molar-refractivity contribution is 0.600. The molecule has 0 aliphatic heterocycles. The van der Waals surface area contributed by atoms with E-state index in [1.54, 1.807) is 0 Å². The van der Waals surface area contributed by atoms with Gasteiger partial charge in [0, 0.05) is 26.9 Å². The fraction of sp³-hybridized carbons (Fsp3) is 0.357. The van der Waals surface area contributed by atoms with Gasteiger partial charge < -0.3 is 5.32 Å². The summed E-state index contributed by atoms with van der Waals surface area (Å²) >= 11 is 8.45. The van der Waals surface area contributed by atoms with Gasteiger partial charge in [0.25, 0.3) is 0 Å². The topological polar surface area (TPSA) is 29.9 Å².